The summed E-state index contributed by atoms with van der Waals surface area (Å²) in [6.45, 7) is 8.75. The van der Waals surface area contributed by atoms with E-state index in [1.54, 1.807) is 0 Å². The molecule has 0 amide bonds. The van der Waals surface area contributed by atoms with Crippen LogP contribution in [0.1, 0.15) is 57.7 Å². The van der Waals surface area contributed by atoms with Gasteiger partial charge in [0, 0.05) is 13.2 Å². The van der Waals surface area contributed by atoms with Gasteiger partial charge in [0.15, 0.2) is 0 Å². The highest BCUT2D eigenvalue weighted by atomic mass is 16.5. The molecule has 1 aromatic heterocycles. The topological polar surface area (TPSA) is 60.2 Å². The van der Waals surface area contributed by atoms with Crippen molar-refractivity contribution in [2.24, 2.45) is 0 Å². The summed E-state index contributed by atoms with van der Waals surface area (Å²) in [7, 11) is 0. The normalized spacial score (nSPS) is 23.8. The molecule has 1 saturated heterocycles. The van der Waals surface area contributed by atoms with Crippen molar-refractivity contribution in [3.63, 3.8) is 0 Å². The first-order valence-electron chi connectivity index (χ1n) is 6.88. The fourth-order valence-electron chi connectivity index (χ4n) is 2.32. The largest absolute Gasteiger partial charge is 0.367 e. The van der Waals surface area contributed by atoms with Crippen LogP contribution in [0, 0.1) is 0 Å². The second-order valence-electron chi connectivity index (χ2n) is 5.02. The third-order valence-electron chi connectivity index (χ3n) is 3.70. The predicted octanol–water partition coefficient (Wildman–Crippen LogP) is 2.20. The van der Waals surface area contributed by atoms with Gasteiger partial charge in [0.25, 0.3) is 0 Å². The van der Waals surface area contributed by atoms with Crippen molar-refractivity contribution in [3.05, 3.63) is 11.7 Å². The van der Waals surface area contributed by atoms with Crippen molar-refractivity contribution in [3.8, 4) is 0 Å². The molecule has 5 heteroatoms. The fraction of sp³-hybridized carbons (Fsp3) is 0.846. The zero-order valence-electron chi connectivity index (χ0n) is 11.5. The second kappa shape index (κ2) is 5.80. The first kappa shape index (κ1) is 13.5. The summed E-state index contributed by atoms with van der Waals surface area (Å²) in [5.74, 6) is 1.77. The molecule has 0 spiro atoms. The second-order valence-corrected chi connectivity index (χ2v) is 5.02. The smallest absolute Gasteiger partial charge is 0.231 e. The third kappa shape index (κ3) is 2.72. The molecule has 1 aliphatic heterocycles. The zero-order valence-corrected chi connectivity index (χ0v) is 11.5. The van der Waals surface area contributed by atoms with Crippen molar-refractivity contribution in [1.29, 1.82) is 0 Å². The molecule has 0 bridgehead atoms. The van der Waals surface area contributed by atoms with Crippen LogP contribution >= 0.6 is 0 Å². The van der Waals surface area contributed by atoms with Gasteiger partial charge in [-0.3, -0.25) is 0 Å². The Bertz CT molecular complexity index is 374. The summed E-state index contributed by atoms with van der Waals surface area (Å²) in [5.41, 5.74) is -0.432. The summed E-state index contributed by atoms with van der Waals surface area (Å²) < 4.78 is 11.2. The molecule has 1 unspecified atom stereocenters. The Morgan fingerprint density at radius 1 is 1.50 bits per heavy atom. The van der Waals surface area contributed by atoms with Gasteiger partial charge in [-0.15, -0.1) is 0 Å². The molecule has 18 heavy (non-hydrogen) atoms. The lowest BCUT2D eigenvalue weighted by atomic mass is 9.99. The van der Waals surface area contributed by atoms with Crippen LogP contribution in [0.3, 0.4) is 0 Å². The van der Waals surface area contributed by atoms with Gasteiger partial charge in [-0.25, -0.2) is 0 Å². The molecule has 0 radical (unpaired) electrons. The number of hydrogen-bond acceptors (Lipinski definition) is 5. The standard InChI is InChI=1S/C13H23N3O2/c1-4-13(3,17-5-2)12-15-11(18-16-12)10-7-6-8-14-9-10/h10,14H,4-9H2,1-3H3/t10-,13?/m1/s1. The Kier molecular flexibility index (Phi) is 4.35. The maximum absolute atomic E-state index is 5.76. The molecule has 0 saturated carbocycles. The van der Waals surface area contributed by atoms with Gasteiger partial charge >= 0.3 is 0 Å². The van der Waals surface area contributed by atoms with E-state index < -0.39 is 5.60 Å². The van der Waals surface area contributed by atoms with E-state index in [-0.39, 0.29) is 0 Å². The van der Waals surface area contributed by atoms with E-state index in [0.29, 0.717) is 18.3 Å². The molecule has 1 fully saturated rings. The minimum atomic E-state index is -0.432. The lowest BCUT2D eigenvalue weighted by Crippen LogP contribution is -2.29. The predicted molar refractivity (Wildman–Crippen MR) is 68.4 cm³/mol. The van der Waals surface area contributed by atoms with Gasteiger partial charge in [-0.2, -0.15) is 4.98 Å². The minimum absolute atomic E-state index is 0.350. The first-order chi connectivity index (χ1) is 8.69. The van der Waals surface area contributed by atoms with Crippen LogP contribution in [-0.4, -0.2) is 29.8 Å². The minimum Gasteiger partial charge on any atom is -0.367 e. The third-order valence-corrected chi connectivity index (χ3v) is 3.70. The summed E-state index contributed by atoms with van der Waals surface area (Å²) in [6.07, 6.45) is 3.12. The Morgan fingerprint density at radius 3 is 2.94 bits per heavy atom. The Morgan fingerprint density at radius 2 is 2.33 bits per heavy atom. The molecule has 1 N–H and O–H groups in total. The van der Waals surface area contributed by atoms with Gasteiger partial charge in [0.05, 0.1) is 5.92 Å². The lowest BCUT2D eigenvalue weighted by molar-refractivity contribution is -0.0403. The number of aromatic nitrogens is 2. The van der Waals surface area contributed by atoms with Crippen LogP contribution < -0.4 is 5.32 Å². The first-order valence-corrected chi connectivity index (χ1v) is 6.88. The van der Waals surface area contributed by atoms with Crippen molar-refractivity contribution in [2.75, 3.05) is 19.7 Å². The van der Waals surface area contributed by atoms with Gasteiger partial charge < -0.3 is 14.6 Å². The maximum Gasteiger partial charge on any atom is 0.231 e. The number of ether oxygens (including phenoxy) is 1. The molecule has 1 aromatic rings. The van der Waals surface area contributed by atoms with E-state index in [9.17, 15) is 0 Å². The Labute approximate surface area is 108 Å². The molecule has 102 valence electrons. The number of nitrogens with zero attached hydrogens (tertiary/aromatic N) is 2. The van der Waals surface area contributed by atoms with Gasteiger partial charge in [0.2, 0.25) is 11.7 Å². The van der Waals surface area contributed by atoms with Crippen LogP contribution in [-0.2, 0) is 10.3 Å². The van der Waals surface area contributed by atoms with Crippen molar-refractivity contribution >= 4 is 0 Å². The molecule has 2 heterocycles. The van der Waals surface area contributed by atoms with E-state index in [0.717, 1.165) is 31.8 Å². The Hall–Kier alpha value is -0.940. The average molecular weight is 253 g/mol. The number of rotatable bonds is 5. The molecule has 0 aromatic carbocycles. The Balaban J connectivity index is 2.13. The highest BCUT2D eigenvalue weighted by Crippen LogP contribution is 2.29. The van der Waals surface area contributed by atoms with Gasteiger partial charge in [-0.05, 0) is 39.7 Å². The van der Waals surface area contributed by atoms with Gasteiger partial charge in [0.1, 0.15) is 5.60 Å². The summed E-state index contributed by atoms with van der Waals surface area (Å²) >= 11 is 0. The lowest BCUT2D eigenvalue weighted by Gasteiger charge is -2.24. The van der Waals surface area contributed by atoms with Crippen LogP contribution in [0.15, 0.2) is 4.52 Å². The fourth-order valence-corrected chi connectivity index (χ4v) is 2.32. The van der Waals surface area contributed by atoms with E-state index >= 15 is 0 Å². The SMILES string of the molecule is CCOC(C)(CC)c1noc([C@@H]2CCCNC2)n1. The average Bonchev–Trinajstić information content (AvgIpc) is 2.90. The summed E-state index contributed by atoms with van der Waals surface area (Å²) in [4.78, 5) is 4.55. The molecule has 1 aliphatic rings. The van der Waals surface area contributed by atoms with Gasteiger partial charge in [-0.1, -0.05) is 12.1 Å². The van der Waals surface area contributed by atoms with Crippen molar-refractivity contribution in [1.82, 2.24) is 15.5 Å². The van der Waals surface area contributed by atoms with Crippen molar-refractivity contribution in [2.45, 2.75) is 51.6 Å². The van der Waals surface area contributed by atoms with Crippen LogP contribution in [0.5, 0.6) is 0 Å². The molecule has 0 aliphatic carbocycles. The molecular weight excluding hydrogens is 230 g/mol. The van der Waals surface area contributed by atoms with Crippen LogP contribution in [0.2, 0.25) is 0 Å². The van der Waals surface area contributed by atoms with Crippen LogP contribution in [0.25, 0.3) is 0 Å². The van der Waals surface area contributed by atoms with E-state index in [4.69, 9.17) is 9.26 Å². The summed E-state index contributed by atoms with van der Waals surface area (Å²) in [6, 6.07) is 0. The van der Waals surface area contributed by atoms with Crippen LogP contribution in [0.4, 0.5) is 0 Å². The van der Waals surface area contributed by atoms with E-state index in [2.05, 4.69) is 22.4 Å². The quantitative estimate of drug-likeness (QED) is 0.871. The van der Waals surface area contributed by atoms with Crippen molar-refractivity contribution < 1.29 is 9.26 Å². The number of nitrogens with one attached hydrogen (secondary N) is 1. The zero-order chi connectivity index (χ0) is 13.0. The highest BCUT2D eigenvalue weighted by Gasteiger charge is 2.32. The molecular formula is C13H23N3O2. The monoisotopic (exact) mass is 253 g/mol. The summed E-state index contributed by atoms with van der Waals surface area (Å²) in [5, 5.41) is 7.48. The molecule has 2 atom stereocenters. The highest BCUT2D eigenvalue weighted by molar-refractivity contribution is 5.03. The molecule has 5 nitrogen and oxygen atoms in total. The number of hydrogen-bond donors (Lipinski definition) is 1. The van der Waals surface area contributed by atoms with E-state index in [1.807, 2.05) is 13.8 Å². The number of piperidine rings is 1. The maximum atomic E-state index is 5.76. The van der Waals surface area contributed by atoms with E-state index in [1.165, 1.54) is 6.42 Å². The molecule has 2 rings (SSSR count).